The summed E-state index contributed by atoms with van der Waals surface area (Å²) in [7, 11) is 0. The van der Waals surface area contributed by atoms with Gasteiger partial charge in [0.2, 0.25) is 0 Å². The van der Waals surface area contributed by atoms with Crippen molar-refractivity contribution in [3.63, 3.8) is 0 Å². The van der Waals surface area contributed by atoms with Crippen LogP contribution in [-0.2, 0) is 0 Å². The summed E-state index contributed by atoms with van der Waals surface area (Å²) in [6.07, 6.45) is 0. The van der Waals surface area contributed by atoms with E-state index in [9.17, 15) is 17.6 Å². The van der Waals surface area contributed by atoms with Crippen molar-refractivity contribution in [2.45, 2.75) is 12.0 Å². The molecule has 0 aliphatic heterocycles. The van der Waals surface area contributed by atoms with E-state index in [1.165, 1.54) is 0 Å². The van der Waals surface area contributed by atoms with Crippen LogP contribution in [0.2, 0.25) is 5.02 Å². The predicted molar refractivity (Wildman–Crippen MR) is 50.3 cm³/mol. The maximum Gasteiger partial charge on any atom is 0.289 e. The van der Waals surface area contributed by atoms with E-state index in [0.29, 0.717) is 0 Å². The lowest BCUT2D eigenvalue weighted by atomic mass is 10.0. The molecule has 0 amide bonds. The van der Waals surface area contributed by atoms with E-state index in [1.54, 1.807) is 0 Å². The second-order valence-corrected chi connectivity index (χ2v) is 3.56. The van der Waals surface area contributed by atoms with Gasteiger partial charge in [-0.15, -0.1) is 0 Å². The van der Waals surface area contributed by atoms with E-state index in [1.807, 2.05) is 0 Å². The van der Waals surface area contributed by atoms with Gasteiger partial charge in [0.25, 0.3) is 5.92 Å². The maximum atomic E-state index is 13.3. The normalized spacial score (nSPS) is 13.9. The fraction of sp³-hybridized carbons (Fsp3) is 0.333. The highest BCUT2D eigenvalue weighted by molar-refractivity contribution is 6.30. The zero-order valence-electron chi connectivity index (χ0n) is 7.85. The van der Waals surface area contributed by atoms with Crippen molar-refractivity contribution in [2.24, 2.45) is 5.73 Å². The van der Waals surface area contributed by atoms with E-state index in [4.69, 9.17) is 22.4 Å². The third kappa shape index (κ3) is 2.28. The molecule has 0 spiro atoms. The second kappa shape index (κ2) is 4.57. The lowest BCUT2D eigenvalue weighted by Gasteiger charge is -2.22. The van der Waals surface area contributed by atoms with Crippen molar-refractivity contribution >= 4 is 11.6 Å². The van der Waals surface area contributed by atoms with Gasteiger partial charge in [-0.1, -0.05) is 11.6 Å². The number of halogens is 5. The maximum absolute atomic E-state index is 13.3. The minimum atomic E-state index is -3.83. The molecule has 0 fully saturated rings. The van der Waals surface area contributed by atoms with Gasteiger partial charge in [-0.3, -0.25) is 0 Å². The molecule has 3 N–H and O–H groups in total. The summed E-state index contributed by atoms with van der Waals surface area (Å²) in [6, 6.07) is -0.677. The summed E-state index contributed by atoms with van der Waals surface area (Å²) < 4.78 is 52.4. The molecule has 1 atom stereocenters. The topological polar surface area (TPSA) is 46.2 Å². The number of nitrogens with two attached hydrogens (primary N) is 1. The minimum Gasteiger partial charge on any atom is -0.390 e. The monoisotopic (exact) mass is 257 g/mol. The predicted octanol–water partition coefficient (Wildman–Crippen LogP) is 2.25. The Kier molecular flexibility index (Phi) is 3.77. The highest BCUT2D eigenvalue weighted by Gasteiger charge is 2.40. The summed E-state index contributed by atoms with van der Waals surface area (Å²) >= 11 is 5.32. The van der Waals surface area contributed by atoms with Gasteiger partial charge < -0.3 is 10.8 Å². The van der Waals surface area contributed by atoms with Crippen LogP contribution in [0.15, 0.2) is 12.1 Å². The summed E-state index contributed by atoms with van der Waals surface area (Å²) in [5.41, 5.74) is 3.97. The number of rotatable bonds is 3. The van der Waals surface area contributed by atoms with Crippen LogP contribution in [0.25, 0.3) is 0 Å². The van der Waals surface area contributed by atoms with Crippen molar-refractivity contribution in [2.75, 3.05) is 6.61 Å². The molecular formula is C9H8ClF4NO. The summed E-state index contributed by atoms with van der Waals surface area (Å²) in [6.45, 7) is -1.61. The molecule has 0 heterocycles. The first kappa shape index (κ1) is 13.2. The molecule has 0 unspecified atom stereocenters. The average Bonchev–Trinajstić information content (AvgIpc) is 2.24. The van der Waals surface area contributed by atoms with E-state index in [-0.39, 0.29) is 0 Å². The molecule has 0 aliphatic rings. The molecule has 0 radical (unpaired) electrons. The number of aliphatic hydroxyl groups is 1. The largest absolute Gasteiger partial charge is 0.390 e. The number of benzene rings is 1. The fourth-order valence-corrected chi connectivity index (χ4v) is 1.30. The Hall–Kier alpha value is -0.850. The standard InChI is InChI=1S/C9H8ClF4NO/c10-4-1-2-5(11)6(7(4)12)8(15)9(13,14)3-16/h1-2,8,16H,3,15H2/t8-/m1/s1. The third-order valence-electron chi connectivity index (χ3n) is 2.06. The fourth-order valence-electron chi connectivity index (χ4n) is 1.14. The van der Waals surface area contributed by atoms with Gasteiger partial charge in [0.05, 0.1) is 5.02 Å². The molecule has 7 heteroatoms. The van der Waals surface area contributed by atoms with Crippen LogP contribution in [0.3, 0.4) is 0 Å². The molecule has 0 aromatic heterocycles. The van der Waals surface area contributed by atoms with Crippen molar-refractivity contribution in [1.29, 1.82) is 0 Å². The van der Waals surface area contributed by atoms with Crippen LogP contribution in [0.5, 0.6) is 0 Å². The molecule has 1 aromatic carbocycles. The first-order valence-electron chi connectivity index (χ1n) is 4.19. The Morgan fingerprint density at radius 1 is 1.38 bits per heavy atom. The average molecular weight is 258 g/mol. The van der Waals surface area contributed by atoms with E-state index >= 15 is 0 Å². The molecule has 1 rings (SSSR count). The van der Waals surface area contributed by atoms with Crippen LogP contribution < -0.4 is 5.73 Å². The Morgan fingerprint density at radius 3 is 2.44 bits per heavy atom. The number of alkyl halides is 2. The first-order chi connectivity index (χ1) is 7.31. The summed E-state index contributed by atoms with van der Waals surface area (Å²) in [5.74, 6) is -6.41. The summed E-state index contributed by atoms with van der Waals surface area (Å²) in [4.78, 5) is 0. The zero-order valence-corrected chi connectivity index (χ0v) is 8.61. The highest BCUT2D eigenvalue weighted by Crippen LogP contribution is 2.34. The van der Waals surface area contributed by atoms with Gasteiger partial charge in [0.15, 0.2) is 0 Å². The van der Waals surface area contributed by atoms with E-state index in [0.717, 1.165) is 12.1 Å². The van der Waals surface area contributed by atoms with Crippen molar-refractivity contribution in [1.82, 2.24) is 0 Å². The second-order valence-electron chi connectivity index (χ2n) is 3.15. The molecule has 1 aromatic rings. The Labute approximate surface area is 93.6 Å². The van der Waals surface area contributed by atoms with Crippen LogP contribution >= 0.6 is 11.6 Å². The third-order valence-corrected chi connectivity index (χ3v) is 2.35. The molecular weight excluding hydrogens is 250 g/mol. The van der Waals surface area contributed by atoms with Gasteiger partial charge in [0.1, 0.15) is 24.3 Å². The van der Waals surface area contributed by atoms with Crippen molar-refractivity contribution < 1.29 is 22.7 Å². The zero-order chi connectivity index (χ0) is 12.5. The van der Waals surface area contributed by atoms with Gasteiger partial charge in [-0.2, -0.15) is 0 Å². The Morgan fingerprint density at radius 2 is 1.94 bits per heavy atom. The molecule has 0 saturated heterocycles. The van der Waals surface area contributed by atoms with Gasteiger partial charge >= 0.3 is 0 Å². The van der Waals surface area contributed by atoms with Gasteiger partial charge in [-0.05, 0) is 12.1 Å². The number of aliphatic hydroxyl groups excluding tert-OH is 1. The minimum absolute atomic E-state index is 0.513. The molecule has 90 valence electrons. The Balaban J connectivity index is 3.28. The smallest absolute Gasteiger partial charge is 0.289 e. The lowest BCUT2D eigenvalue weighted by molar-refractivity contribution is -0.0726. The highest BCUT2D eigenvalue weighted by atomic mass is 35.5. The Bertz CT molecular complexity index is 399. The van der Waals surface area contributed by atoms with E-state index < -0.39 is 40.8 Å². The summed E-state index contributed by atoms with van der Waals surface area (Å²) in [5, 5.41) is 7.86. The van der Waals surface area contributed by atoms with E-state index in [2.05, 4.69) is 0 Å². The van der Waals surface area contributed by atoms with Crippen LogP contribution in [0.1, 0.15) is 11.6 Å². The van der Waals surface area contributed by atoms with Crippen molar-refractivity contribution in [3.05, 3.63) is 34.4 Å². The van der Waals surface area contributed by atoms with Gasteiger partial charge in [-0.25, -0.2) is 17.6 Å². The van der Waals surface area contributed by atoms with Crippen LogP contribution in [0.4, 0.5) is 17.6 Å². The SMILES string of the molecule is N[C@H](c1c(F)ccc(Cl)c1F)C(F)(F)CO. The van der Waals surface area contributed by atoms with Crippen molar-refractivity contribution in [3.8, 4) is 0 Å². The molecule has 0 bridgehead atoms. The van der Waals surface area contributed by atoms with Crippen LogP contribution in [-0.4, -0.2) is 17.6 Å². The lowest BCUT2D eigenvalue weighted by Crippen LogP contribution is -2.37. The number of hydrogen-bond acceptors (Lipinski definition) is 2. The quantitative estimate of drug-likeness (QED) is 0.644. The first-order valence-corrected chi connectivity index (χ1v) is 4.56. The molecule has 0 aliphatic carbocycles. The molecule has 0 saturated carbocycles. The van der Waals surface area contributed by atoms with Crippen LogP contribution in [0, 0.1) is 11.6 Å². The molecule has 16 heavy (non-hydrogen) atoms. The number of hydrogen-bond donors (Lipinski definition) is 2. The van der Waals surface area contributed by atoms with Gasteiger partial charge in [0, 0.05) is 5.56 Å². The molecule has 2 nitrogen and oxygen atoms in total.